The van der Waals surface area contributed by atoms with Crippen LogP contribution in [0.4, 0.5) is 4.39 Å². The fraction of sp³-hybridized carbons (Fsp3) is 0.462. The highest BCUT2D eigenvalue weighted by molar-refractivity contribution is 7.89. The number of sulfonamides is 1. The molecular formula is C13H19FN2O3S. The molecule has 0 saturated carbocycles. The summed E-state index contributed by atoms with van der Waals surface area (Å²) in [6.07, 6.45) is 1.30. The average Bonchev–Trinajstić information content (AvgIpc) is 2.36. The topological polar surface area (TPSA) is 75.3 Å². The van der Waals surface area contributed by atoms with Crippen LogP contribution in [0.2, 0.25) is 0 Å². The van der Waals surface area contributed by atoms with E-state index in [-0.39, 0.29) is 17.3 Å². The van der Waals surface area contributed by atoms with Gasteiger partial charge in [0.1, 0.15) is 5.82 Å². The van der Waals surface area contributed by atoms with Gasteiger partial charge in [-0.25, -0.2) is 17.5 Å². The van der Waals surface area contributed by atoms with Gasteiger partial charge in [0.05, 0.1) is 4.90 Å². The summed E-state index contributed by atoms with van der Waals surface area (Å²) in [5, 5.41) is 2.63. The molecule has 20 heavy (non-hydrogen) atoms. The summed E-state index contributed by atoms with van der Waals surface area (Å²) in [5.74, 6) is -0.536. The zero-order valence-corrected chi connectivity index (χ0v) is 12.4. The van der Waals surface area contributed by atoms with E-state index in [1.165, 1.54) is 26.0 Å². The smallest absolute Gasteiger partial charge is 0.240 e. The molecule has 0 heterocycles. The Kier molecular flexibility index (Phi) is 6.09. The number of halogens is 1. The minimum atomic E-state index is -3.61. The summed E-state index contributed by atoms with van der Waals surface area (Å²) in [6.45, 7) is 3.74. The number of rotatable bonds is 7. The van der Waals surface area contributed by atoms with Crippen LogP contribution in [0.1, 0.15) is 25.3 Å². The van der Waals surface area contributed by atoms with Crippen molar-refractivity contribution < 1.29 is 17.6 Å². The lowest BCUT2D eigenvalue weighted by Gasteiger charge is -2.08. The van der Waals surface area contributed by atoms with Crippen LogP contribution in [0.3, 0.4) is 0 Å². The Balaban J connectivity index is 2.45. The maximum Gasteiger partial charge on any atom is 0.240 e. The van der Waals surface area contributed by atoms with Crippen molar-refractivity contribution in [2.45, 2.75) is 31.6 Å². The first-order chi connectivity index (χ1) is 9.33. The molecule has 112 valence electrons. The number of benzene rings is 1. The van der Waals surface area contributed by atoms with E-state index in [0.717, 1.165) is 6.07 Å². The van der Waals surface area contributed by atoms with Crippen molar-refractivity contribution in [1.29, 1.82) is 0 Å². The SMILES string of the molecule is CC(=O)NCCCCNS(=O)(=O)c1ccc(F)c(C)c1. The summed E-state index contributed by atoms with van der Waals surface area (Å²) < 4.78 is 39.4. The van der Waals surface area contributed by atoms with Crippen LogP contribution < -0.4 is 10.0 Å². The fourth-order valence-corrected chi connectivity index (χ4v) is 2.75. The van der Waals surface area contributed by atoms with Gasteiger partial charge < -0.3 is 5.32 Å². The molecule has 0 atom stereocenters. The Morgan fingerprint density at radius 3 is 2.50 bits per heavy atom. The molecule has 1 rings (SSSR count). The highest BCUT2D eigenvalue weighted by atomic mass is 32.2. The maximum absolute atomic E-state index is 13.1. The molecule has 0 saturated heterocycles. The van der Waals surface area contributed by atoms with Gasteiger partial charge in [-0.05, 0) is 43.5 Å². The van der Waals surface area contributed by atoms with Crippen LogP contribution in [-0.4, -0.2) is 27.4 Å². The Hall–Kier alpha value is -1.47. The largest absolute Gasteiger partial charge is 0.356 e. The standard InChI is InChI=1S/C13H19FN2O3S/c1-10-9-12(5-6-13(10)14)20(18,19)16-8-4-3-7-15-11(2)17/h5-6,9,16H,3-4,7-8H2,1-2H3,(H,15,17). The Labute approximate surface area is 118 Å². The molecule has 0 aromatic heterocycles. The van der Waals surface area contributed by atoms with E-state index in [0.29, 0.717) is 24.9 Å². The molecule has 0 aliphatic rings. The number of carbonyl (C=O) groups is 1. The Morgan fingerprint density at radius 1 is 1.25 bits per heavy atom. The lowest BCUT2D eigenvalue weighted by molar-refractivity contribution is -0.118. The lowest BCUT2D eigenvalue weighted by atomic mass is 10.2. The maximum atomic E-state index is 13.1. The van der Waals surface area contributed by atoms with Crippen LogP contribution in [-0.2, 0) is 14.8 Å². The first-order valence-corrected chi connectivity index (χ1v) is 7.81. The van der Waals surface area contributed by atoms with Crippen LogP contribution >= 0.6 is 0 Å². The summed E-state index contributed by atoms with van der Waals surface area (Å²) in [5.41, 5.74) is 0.290. The van der Waals surface area contributed by atoms with E-state index in [9.17, 15) is 17.6 Å². The van der Waals surface area contributed by atoms with Crippen molar-refractivity contribution in [3.63, 3.8) is 0 Å². The van der Waals surface area contributed by atoms with E-state index < -0.39 is 15.8 Å². The van der Waals surface area contributed by atoms with Gasteiger partial charge in [-0.15, -0.1) is 0 Å². The van der Waals surface area contributed by atoms with Crippen molar-refractivity contribution >= 4 is 15.9 Å². The zero-order chi connectivity index (χ0) is 15.2. The van der Waals surface area contributed by atoms with Gasteiger partial charge in [-0.1, -0.05) is 0 Å². The van der Waals surface area contributed by atoms with E-state index in [4.69, 9.17) is 0 Å². The first kappa shape index (κ1) is 16.6. The van der Waals surface area contributed by atoms with Gasteiger partial charge in [-0.3, -0.25) is 4.79 Å². The molecule has 5 nitrogen and oxygen atoms in total. The quantitative estimate of drug-likeness (QED) is 0.746. The number of aryl methyl sites for hydroxylation is 1. The minimum absolute atomic E-state index is 0.0539. The molecule has 1 aromatic rings. The summed E-state index contributed by atoms with van der Waals surface area (Å²) in [6, 6.07) is 3.68. The van der Waals surface area contributed by atoms with Crippen LogP contribution in [0, 0.1) is 12.7 Å². The molecule has 0 spiro atoms. The Bertz CT molecular complexity index is 573. The molecule has 0 unspecified atom stereocenters. The third-order valence-electron chi connectivity index (χ3n) is 2.71. The van der Waals surface area contributed by atoms with Gasteiger partial charge >= 0.3 is 0 Å². The van der Waals surface area contributed by atoms with Gasteiger partial charge in [0.25, 0.3) is 0 Å². The molecule has 2 N–H and O–H groups in total. The molecule has 0 radical (unpaired) electrons. The number of hydrogen-bond donors (Lipinski definition) is 2. The highest BCUT2D eigenvalue weighted by Gasteiger charge is 2.14. The number of carbonyl (C=O) groups excluding carboxylic acids is 1. The van der Waals surface area contributed by atoms with Gasteiger partial charge in [-0.2, -0.15) is 0 Å². The molecule has 0 fully saturated rings. The normalized spacial score (nSPS) is 11.3. The lowest BCUT2D eigenvalue weighted by Crippen LogP contribution is -2.26. The van der Waals surface area contributed by atoms with E-state index >= 15 is 0 Å². The van der Waals surface area contributed by atoms with Crippen molar-refractivity contribution in [1.82, 2.24) is 10.0 Å². The number of hydrogen-bond acceptors (Lipinski definition) is 3. The van der Waals surface area contributed by atoms with Crippen molar-refractivity contribution in [2.24, 2.45) is 0 Å². The number of unbranched alkanes of at least 4 members (excludes halogenated alkanes) is 1. The average molecular weight is 302 g/mol. The molecular weight excluding hydrogens is 283 g/mol. The van der Waals surface area contributed by atoms with Crippen molar-refractivity contribution in [3.05, 3.63) is 29.6 Å². The van der Waals surface area contributed by atoms with Gasteiger partial charge in [0.15, 0.2) is 0 Å². The van der Waals surface area contributed by atoms with Gasteiger partial charge in [0, 0.05) is 20.0 Å². The van der Waals surface area contributed by atoms with E-state index in [1.54, 1.807) is 0 Å². The third-order valence-corrected chi connectivity index (χ3v) is 4.17. The van der Waals surface area contributed by atoms with E-state index in [2.05, 4.69) is 10.0 Å². The second-order valence-corrected chi connectivity index (χ2v) is 6.27. The van der Waals surface area contributed by atoms with Crippen LogP contribution in [0.5, 0.6) is 0 Å². The van der Waals surface area contributed by atoms with Crippen molar-refractivity contribution in [3.8, 4) is 0 Å². The summed E-state index contributed by atoms with van der Waals surface area (Å²) in [4.78, 5) is 10.7. The zero-order valence-electron chi connectivity index (χ0n) is 11.6. The molecule has 1 amide bonds. The number of amides is 1. The second-order valence-electron chi connectivity index (χ2n) is 4.50. The third kappa shape index (κ3) is 5.26. The number of nitrogens with one attached hydrogen (secondary N) is 2. The molecule has 0 bridgehead atoms. The van der Waals surface area contributed by atoms with Gasteiger partial charge in [0.2, 0.25) is 15.9 Å². The summed E-state index contributed by atoms with van der Waals surface area (Å²) >= 11 is 0. The van der Waals surface area contributed by atoms with Crippen LogP contribution in [0.25, 0.3) is 0 Å². The molecule has 0 aliphatic heterocycles. The molecule has 1 aromatic carbocycles. The predicted molar refractivity (Wildman–Crippen MR) is 74.2 cm³/mol. The Morgan fingerprint density at radius 2 is 1.90 bits per heavy atom. The second kappa shape index (κ2) is 7.35. The molecule has 7 heteroatoms. The van der Waals surface area contributed by atoms with Crippen molar-refractivity contribution in [2.75, 3.05) is 13.1 Å². The van der Waals surface area contributed by atoms with E-state index in [1.807, 2.05) is 0 Å². The first-order valence-electron chi connectivity index (χ1n) is 6.33. The fourth-order valence-electron chi connectivity index (χ4n) is 1.59. The molecule has 0 aliphatic carbocycles. The summed E-state index contributed by atoms with van der Waals surface area (Å²) in [7, 11) is -3.61. The van der Waals surface area contributed by atoms with Crippen LogP contribution in [0.15, 0.2) is 23.1 Å². The minimum Gasteiger partial charge on any atom is -0.356 e. The monoisotopic (exact) mass is 302 g/mol. The highest BCUT2D eigenvalue weighted by Crippen LogP contribution is 2.13. The predicted octanol–water partition coefficient (Wildman–Crippen LogP) is 1.33.